The molecule has 3 nitrogen and oxygen atoms in total. The minimum atomic E-state index is -4.29. The highest BCUT2D eigenvalue weighted by molar-refractivity contribution is 5.70. The van der Waals surface area contributed by atoms with Crippen LogP contribution in [0.25, 0.3) is 0 Å². The molecule has 6 heteroatoms. The molecule has 19 heavy (non-hydrogen) atoms. The molecule has 0 spiro atoms. The summed E-state index contributed by atoms with van der Waals surface area (Å²) in [5.74, 6) is -0.570. The van der Waals surface area contributed by atoms with E-state index in [0.29, 0.717) is 25.2 Å². The molecule has 0 aromatic rings. The minimum Gasteiger partial charge on any atom is -0.481 e. The van der Waals surface area contributed by atoms with Crippen LogP contribution in [0.3, 0.4) is 0 Å². The van der Waals surface area contributed by atoms with Crippen LogP contribution in [0.5, 0.6) is 0 Å². The number of carbonyl (C=O) groups is 1. The SMILES string of the molecule is CC1CCC(C(=O)O)C(CCCOCC(F)(F)F)C1. The molecule has 1 aliphatic rings. The highest BCUT2D eigenvalue weighted by atomic mass is 19.4. The zero-order chi connectivity index (χ0) is 14.5. The molecule has 1 N–H and O–H groups in total. The van der Waals surface area contributed by atoms with Gasteiger partial charge >= 0.3 is 12.1 Å². The number of rotatable bonds is 6. The van der Waals surface area contributed by atoms with Gasteiger partial charge in [0.25, 0.3) is 0 Å². The number of halogens is 3. The van der Waals surface area contributed by atoms with Crippen molar-refractivity contribution in [3.63, 3.8) is 0 Å². The molecular formula is C13H21F3O3. The van der Waals surface area contributed by atoms with Crippen LogP contribution < -0.4 is 0 Å². The van der Waals surface area contributed by atoms with E-state index in [9.17, 15) is 18.0 Å². The Bertz CT molecular complexity index is 291. The fraction of sp³-hybridized carbons (Fsp3) is 0.923. The number of hydrogen-bond acceptors (Lipinski definition) is 2. The van der Waals surface area contributed by atoms with Gasteiger partial charge in [-0.2, -0.15) is 13.2 Å². The van der Waals surface area contributed by atoms with Crippen molar-refractivity contribution in [2.24, 2.45) is 17.8 Å². The Balaban J connectivity index is 2.27. The molecular weight excluding hydrogens is 261 g/mol. The van der Waals surface area contributed by atoms with Crippen LogP contribution in [0.4, 0.5) is 13.2 Å². The Kier molecular flexibility index (Phi) is 6.10. The van der Waals surface area contributed by atoms with E-state index in [4.69, 9.17) is 5.11 Å². The molecule has 0 saturated heterocycles. The summed E-state index contributed by atoms with van der Waals surface area (Å²) in [6.45, 7) is 0.901. The lowest BCUT2D eigenvalue weighted by Gasteiger charge is -2.32. The van der Waals surface area contributed by atoms with Gasteiger partial charge in [-0.25, -0.2) is 0 Å². The largest absolute Gasteiger partial charge is 0.481 e. The molecule has 1 aliphatic carbocycles. The van der Waals surface area contributed by atoms with Gasteiger partial charge in [-0.15, -0.1) is 0 Å². The fourth-order valence-electron chi connectivity index (χ4n) is 2.78. The molecule has 0 amide bonds. The summed E-state index contributed by atoms with van der Waals surface area (Å²) in [5, 5.41) is 9.12. The smallest absolute Gasteiger partial charge is 0.411 e. The van der Waals surface area contributed by atoms with Crippen LogP contribution in [0, 0.1) is 17.8 Å². The van der Waals surface area contributed by atoms with Gasteiger partial charge in [-0.05, 0) is 43.9 Å². The average molecular weight is 282 g/mol. The lowest BCUT2D eigenvalue weighted by Crippen LogP contribution is -2.30. The van der Waals surface area contributed by atoms with Gasteiger partial charge in [0.1, 0.15) is 6.61 Å². The normalized spacial score (nSPS) is 28.3. The summed E-state index contributed by atoms with van der Waals surface area (Å²) in [5.41, 5.74) is 0. The van der Waals surface area contributed by atoms with Crippen LogP contribution in [0.1, 0.15) is 39.0 Å². The first-order valence-electron chi connectivity index (χ1n) is 6.67. The van der Waals surface area contributed by atoms with E-state index in [1.54, 1.807) is 0 Å². The maximum atomic E-state index is 11.9. The van der Waals surface area contributed by atoms with Gasteiger partial charge in [0.2, 0.25) is 0 Å². The van der Waals surface area contributed by atoms with Gasteiger partial charge in [0.05, 0.1) is 5.92 Å². The molecule has 0 aromatic carbocycles. The zero-order valence-corrected chi connectivity index (χ0v) is 11.1. The maximum Gasteiger partial charge on any atom is 0.411 e. The third-order valence-corrected chi connectivity index (χ3v) is 3.69. The first-order valence-corrected chi connectivity index (χ1v) is 6.67. The van der Waals surface area contributed by atoms with Crippen LogP contribution in [-0.2, 0) is 9.53 Å². The van der Waals surface area contributed by atoms with Crippen LogP contribution in [0.2, 0.25) is 0 Å². The van der Waals surface area contributed by atoms with Crippen molar-refractivity contribution in [2.45, 2.75) is 45.2 Å². The summed E-state index contributed by atoms with van der Waals surface area (Å²) in [6, 6.07) is 0. The molecule has 1 saturated carbocycles. The molecule has 0 bridgehead atoms. The second kappa shape index (κ2) is 7.12. The molecule has 0 heterocycles. The number of carboxylic acid groups (broad SMARTS) is 1. The summed E-state index contributed by atoms with van der Waals surface area (Å²) >= 11 is 0. The van der Waals surface area contributed by atoms with Crippen molar-refractivity contribution < 1.29 is 27.8 Å². The van der Waals surface area contributed by atoms with Crippen LogP contribution in [-0.4, -0.2) is 30.5 Å². The zero-order valence-electron chi connectivity index (χ0n) is 11.1. The molecule has 0 aromatic heterocycles. The number of ether oxygens (including phenoxy) is 1. The third-order valence-electron chi connectivity index (χ3n) is 3.69. The van der Waals surface area contributed by atoms with Crippen LogP contribution >= 0.6 is 0 Å². The van der Waals surface area contributed by atoms with Crippen molar-refractivity contribution in [1.29, 1.82) is 0 Å². The lowest BCUT2D eigenvalue weighted by molar-refractivity contribution is -0.174. The topological polar surface area (TPSA) is 46.5 Å². The van der Waals surface area contributed by atoms with E-state index in [0.717, 1.165) is 12.8 Å². The predicted octanol–water partition coefficient (Wildman–Crippen LogP) is 3.48. The van der Waals surface area contributed by atoms with Crippen LogP contribution in [0.15, 0.2) is 0 Å². The van der Waals surface area contributed by atoms with E-state index >= 15 is 0 Å². The van der Waals surface area contributed by atoms with Gasteiger partial charge in [0, 0.05) is 6.61 Å². The van der Waals surface area contributed by atoms with Crippen molar-refractivity contribution >= 4 is 5.97 Å². The third kappa shape index (κ3) is 6.27. The van der Waals surface area contributed by atoms with Gasteiger partial charge in [-0.1, -0.05) is 6.92 Å². The number of carboxylic acids is 1. The fourth-order valence-corrected chi connectivity index (χ4v) is 2.78. The van der Waals surface area contributed by atoms with E-state index in [1.165, 1.54) is 0 Å². The first kappa shape index (κ1) is 16.3. The number of hydrogen-bond donors (Lipinski definition) is 1. The summed E-state index contributed by atoms with van der Waals surface area (Å²) < 4.78 is 40.1. The number of alkyl halides is 3. The highest BCUT2D eigenvalue weighted by Crippen LogP contribution is 2.36. The Morgan fingerprint density at radius 2 is 2.05 bits per heavy atom. The standard InChI is InChI=1S/C13H21F3O3/c1-9-4-5-11(12(17)18)10(7-9)3-2-6-19-8-13(14,15)16/h9-11H,2-8H2,1H3,(H,17,18). The van der Waals surface area contributed by atoms with E-state index in [1.807, 2.05) is 0 Å². The van der Waals surface area contributed by atoms with Gasteiger partial charge in [0.15, 0.2) is 0 Å². The minimum absolute atomic E-state index is 0.0384. The monoisotopic (exact) mass is 282 g/mol. The second-order valence-electron chi connectivity index (χ2n) is 5.43. The van der Waals surface area contributed by atoms with Gasteiger partial charge in [-0.3, -0.25) is 4.79 Å². The first-order chi connectivity index (χ1) is 8.79. The number of aliphatic carboxylic acids is 1. The molecule has 3 unspecified atom stereocenters. The highest BCUT2D eigenvalue weighted by Gasteiger charge is 2.33. The lowest BCUT2D eigenvalue weighted by atomic mass is 9.73. The quantitative estimate of drug-likeness (QED) is 0.759. The van der Waals surface area contributed by atoms with Gasteiger partial charge < -0.3 is 9.84 Å². The van der Waals surface area contributed by atoms with Crippen molar-refractivity contribution in [1.82, 2.24) is 0 Å². The Labute approximate surface area is 111 Å². The van der Waals surface area contributed by atoms with E-state index in [2.05, 4.69) is 11.7 Å². The Hall–Kier alpha value is -0.780. The molecule has 0 aliphatic heterocycles. The summed E-state index contributed by atoms with van der Waals surface area (Å²) in [6.07, 6.45) is -0.752. The molecule has 1 fully saturated rings. The Morgan fingerprint density at radius 3 is 2.63 bits per heavy atom. The average Bonchev–Trinajstić information content (AvgIpc) is 2.26. The van der Waals surface area contributed by atoms with Crippen molar-refractivity contribution in [2.75, 3.05) is 13.2 Å². The molecule has 0 radical (unpaired) electrons. The predicted molar refractivity (Wildman–Crippen MR) is 63.7 cm³/mol. The summed E-state index contributed by atoms with van der Waals surface area (Å²) in [7, 11) is 0. The van der Waals surface area contributed by atoms with Crippen molar-refractivity contribution in [3.05, 3.63) is 0 Å². The second-order valence-corrected chi connectivity index (χ2v) is 5.43. The maximum absolute atomic E-state index is 11.9. The molecule has 3 atom stereocenters. The summed E-state index contributed by atoms with van der Waals surface area (Å²) in [4.78, 5) is 11.1. The molecule has 1 rings (SSSR count). The van der Waals surface area contributed by atoms with Crippen molar-refractivity contribution in [3.8, 4) is 0 Å². The van der Waals surface area contributed by atoms with E-state index in [-0.39, 0.29) is 18.4 Å². The molecule has 112 valence electrons. The van der Waals surface area contributed by atoms with E-state index < -0.39 is 18.8 Å². The Morgan fingerprint density at radius 1 is 1.37 bits per heavy atom.